The van der Waals surface area contributed by atoms with Gasteiger partial charge in [0.25, 0.3) is 5.91 Å². The standard InChI is InChI=1S/C16H13N3O2/c20-16(19-21)12-8-11-9-14(6-7-15(11)17-10-12)18-13-4-2-1-3-5-13/h1-10,18,21H,(H,19,20). The molecule has 5 heteroatoms. The lowest BCUT2D eigenvalue weighted by atomic mass is 10.1. The lowest BCUT2D eigenvalue weighted by Crippen LogP contribution is -2.18. The Hall–Kier alpha value is -2.92. The van der Waals surface area contributed by atoms with E-state index in [9.17, 15) is 4.79 Å². The Morgan fingerprint density at radius 3 is 2.57 bits per heavy atom. The number of hydrogen-bond acceptors (Lipinski definition) is 4. The average molecular weight is 279 g/mol. The number of carbonyl (C=O) groups is 1. The molecule has 1 aromatic heterocycles. The molecule has 0 aliphatic heterocycles. The summed E-state index contributed by atoms with van der Waals surface area (Å²) in [4.78, 5) is 15.6. The molecule has 1 amide bonds. The van der Waals surface area contributed by atoms with E-state index in [0.717, 1.165) is 22.3 Å². The molecule has 0 aliphatic carbocycles. The van der Waals surface area contributed by atoms with Crippen molar-refractivity contribution in [1.29, 1.82) is 0 Å². The van der Waals surface area contributed by atoms with Crippen molar-refractivity contribution in [2.24, 2.45) is 0 Å². The van der Waals surface area contributed by atoms with Crippen molar-refractivity contribution in [2.45, 2.75) is 0 Å². The second kappa shape index (κ2) is 5.60. The van der Waals surface area contributed by atoms with Crippen molar-refractivity contribution in [3.63, 3.8) is 0 Å². The van der Waals surface area contributed by atoms with Crippen LogP contribution in [0.25, 0.3) is 10.9 Å². The number of benzene rings is 2. The molecule has 0 bridgehead atoms. The molecule has 0 spiro atoms. The van der Waals surface area contributed by atoms with Gasteiger partial charge in [0, 0.05) is 23.0 Å². The molecule has 21 heavy (non-hydrogen) atoms. The molecule has 0 aliphatic rings. The minimum Gasteiger partial charge on any atom is -0.356 e. The minimum absolute atomic E-state index is 0.307. The molecule has 0 saturated carbocycles. The highest BCUT2D eigenvalue weighted by molar-refractivity contribution is 5.97. The first-order valence-corrected chi connectivity index (χ1v) is 6.42. The Kier molecular flexibility index (Phi) is 3.49. The van der Waals surface area contributed by atoms with Crippen LogP contribution in [0, 0.1) is 0 Å². The Morgan fingerprint density at radius 1 is 1.00 bits per heavy atom. The maximum atomic E-state index is 11.4. The molecule has 3 aromatic rings. The number of amides is 1. The quantitative estimate of drug-likeness (QED) is 0.509. The van der Waals surface area contributed by atoms with Crippen molar-refractivity contribution in [2.75, 3.05) is 5.32 Å². The van der Waals surface area contributed by atoms with Crippen molar-refractivity contribution in [3.8, 4) is 0 Å². The van der Waals surface area contributed by atoms with Gasteiger partial charge in [0.15, 0.2) is 0 Å². The maximum absolute atomic E-state index is 11.4. The summed E-state index contributed by atoms with van der Waals surface area (Å²) in [6.07, 6.45) is 1.43. The van der Waals surface area contributed by atoms with Crippen LogP contribution in [0.1, 0.15) is 10.4 Å². The van der Waals surface area contributed by atoms with E-state index in [1.807, 2.05) is 48.5 Å². The molecule has 0 unspecified atom stereocenters. The number of nitrogens with zero attached hydrogens (tertiary/aromatic N) is 1. The minimum atomic E-state index is -0.578. The summed E-state index contributed by atoms with van der Waals surface area (Å²) in [6, 6.07) is 17.2. The third kappa shape index (κ3) is 2.82. The predicted octanol–water partition coefficient (Wildman–Crippen LogP) is 3.10. The van der Waals surface area contributed by atoms with E-state index in [4.69, 9.17) is 5.21 Å². The van der Waals surface area contributed by atoms with E-state index >= 15 is 0 Å². The van der Waals surface area contributed by atoms with E-state index in [1.54, 1.807) is 11.5 Å². The lowest BCUT2D eigenvalue weighted by Gasteiger charge is -2.08. The highest BCUT2D eigenvalue weighted by Gasteiger charge is 2.06. The van der Waals surface area contributed by atoms with Gasteiger partial charge in [-0.2, -0.15) is 0 Å². The van der Waals surface area contributed by atoms with Crippen molar-refractivity contribution in [1.82, 2.24) is 10.5 Å². The summed E-state index contributed by atoms with van der Waals surface area (Å²) < 4.78 is 0. The van der Waals surface area contributed by atoms with Crippen LogP contribution in [0.3, 0.4) is 0 Å². The fourth-order valence-electron chi connectivity index (χ4n) is 2.09. The summed E-state index contributed by atoms with van der Waals surface area (Å²) in [7, 11) is 0. The molecule has 104 valence electrons. The van der Waals surface area contributed by atoms with Crippen LogP contribution in [-0.2, 0) is 0 Å². The topological polar surface area (TPSA) is 74.2 Å². The molecular weight excluding hydrogens is 266 g/mol. The van der Waals surface area contributed by atoms with Crippen LogP contribution in [-0.4, -0.2) is 16.1 Å². The Morgan fingerprint density at radius 2 is 1.81 bits per heavy atom. The van der Waals surface area contributed by atoms with E-state index in [-0.39, 0.29) is 0 Å². The fraction of sp³-hybridized carbons (Fsp3) is 0. The first kappa shape index (κ1) is 13.1. The predicted molar refractivity (Wildman–Crippen MR) is 80.7 cm³/mol. The smallest absolute Gasteiger partial charge is 0.276 e. The van der Waals surface area contributed by atoms with Gasteiger partial charge in [-0.1, -0.05) is 18.2 Å². The van der Waals surface area contributed by atoms with E-state index in [2.05, 4.69) is 10.3 Å². The number of para-hydroxylation sites is 1. The van der Waals surface area contributed by atoms with E-state index in [1.165, 1.54) is 6.20 Å². The van der Waals surface area contributed by atoms with Crippen LogP contribution < -0.4 is 10.8 Å². The van der Waals surface area contributed by atoms with Gasteiger partial charge in [-0.05, 0) is 36.4 Å². The molecule has 2 aromatic carbocycles. The number of hydrogen-bond donors (Lipinski definition) is 3. The van der Waals surface area contributed by atoms with Gasteiger partial charge in [0.2, 0.25) is 0 Å². The van der Waals surface area contributed by atoms with Crippen molar-refractivity contribution >= 4 is 28.2 Å². The number of pyridine rings is 1. The first-order chi connectivity index (χ1) is 10.3. The molecule has 0 atom stereocenters. The third-order valence-electron chi connectivity index (χ3n) is 3.11. The molecule has 0 fully saturated rings. The largest absolute Gasteiger partial charge is 0.356 e. The number of anilines is 2. The molecule has 5 nitrogen and oxygen atoms in total. The van der Waals surface area contributed by atoms with E-state index in [0.29, 0.717) is 5.56 Å². The zero-order valence-electron chi connectivity index (χ0n) is 11.1. The number of nitrogens with one attached hydrogen (secondary N) is 2. The highest BCUT2D eigenvalue weighted by atomic mass is 16.5. The van der Waals surface area contributed by atoms with Gasteiger partial charge in [-0.25, -0.2) is 5.48 Å². The van der Waals surface area contributed by atoms with Crippen molar-refractivity contribution in [3.05, 3.63) is 66.4 Å². The zero-order valence-corrected chi connectivity index (χ0v) is 11.1. The van der Waals surface area contributed by atoms with Crippen LogP contribution in [0.15, 0.2) is 60.8 Å². The molecule has 3 N–H and O–H groups in total. The number of carbonyl (C=O) groups excluding carboxylic acids is 1. The summed E-state index contributed by atoms with van der Waals surface area (Å²) in [5, 5.41) is 12.8. The zero-order chi connectivity index (χ0) is 14.7. The van der Waals surface area contributed by atoms with Gasteiger partial charge >= 0.3 is 0 Å². The molecule has 0 radical (unpaired) electrons. The van der Waals surface area contributed by atoms with Crippen LogP contribution in [0.4, 0.5) is 11.4 Å². The van der Waals surface area contributed by atoms with Crippen LogP contribution in [0.2, 0.25) is 0 Å². The second-order valence-electron chi connectivity index (χ2n) is 4.56. The summed E-state index contributed by atoms with van der Waals surface area (Å²) >= 11 is 0. The monoisotopic (exact) mass is 279 g/mol. The first-order valence-electron chi connectivity index (χ1n) is 6.42. The number of aromatic nitrogens is 1. The maximum Gasteiger partial charge on any atom is 0.276 e. The molecular formula is C16H13N3O2. The number of fused-ring (bicyclic) bond motifs is 1. The summed E-state index contributed by atoms with van der Waals surface area (Å²) in [5.41, 5.74) is 4.57. The third-order valence-corrected chi connectivity index (χ3v) is 3.11. The highest BCUT2D eigenvalue weighted by Crippen LogP contribution is 2.22. The number of rotatable bonds is 3. The van der Waals surface area contributed by atoms with E-state index < -0.39 is 5.91 Å². The fourth-order valence-corrected chi connectivity index (χ4v) is 2.09. The Bertz CT molecular complexity index is 788. The van der Waals surface area contributed by atoms with Gasteiger partial charge in [0.1, 0.15) is 0 Å². The Labute approximate surface area is 121 Å². The second-order valence-corrected chi connectivity index (χ2v) is 4.56. The van der Waals surface area contributed by atoms with Crippen LogP contribution in [0.5, 0.6) is 0 Å². The van der Waals surface area contributed by atoms with Gasteiger partial charge < -0.3 is 5.32 Å². The summed E-state index contributed by atoms with van der Waals surface area (Å²) in [6.45, 7) is 0. The summed E-state index contributed by atoms with van der Waals surface area (Å²) in [5.74, 6) is -0.578. The van der Waals surface area contributed by atoms with Gasteiger partial charge in [0.05, 0.1) is 11.1 Å². The Balaban J connectivity index is 1.96. The normalized spacial score (nSPS) is 10.3. The number of hydroxylamine groups is 1. The average Bonchev–Trinajstić information content (AvgIpc) is 2.54. The lowest BCUT2D eigenvalue weighted by molar-refractivity contribution is 0.0706. The molecule has 1 heterocycles. The van der Waals surface area contributed by atoms with Crippen molar-refractivity contribution < 1.29 is 10.0 Å². The molecule has 0 saturated heterocycles. The van der Waals surface area contributed by atoms with Gasteiger partial charge in [-0.15, -0.1) is 0 Å². The SMILES string of the molecule is O=C(NO)c1cnc2ccc(Nc3ccccc3)cc2c1. The van der Waals surface area contributed by atoms with Gasteiger partial charge in [-0.3, -0.25) is 15.0 Å². The molecule has 3 rings (SSSR count). The van der Waals surface area contributed by atoms with Crippen LogP contribution >= 0.6 is 0 Å².